The van der Waals surface area contributed by atoms with Gasteiger partial charge in [-0.05, 0) is 31.9 Å². The summed E-state index contributed by atoms with van der Waals surface area (Å²) in [6.07, 6.45) is 0. The Bertz CT molecular complexity index is 292. The summed E-state index contributed by atoms with van der Waals surface area (Å²) in [6.45, 7) is 6.07. The van der Waals surface area contributed by atoms with Crippen LogP contribution in [0.15, 0.2) is 18.2 Å². The summed E-state index contributed by atoms with van der Waals surface area (Å²) in [6, 6.07) is 6.24. The number of nitrogens with two attached hydrogens (primary N) is 2. The summed E-state index contributed by atoms with van der Waals surface area (Å²) in [4.78, 5) is 0. The van der Waals surface area contributed by atoms with E-state index in [0.29, 0.717) is 0 Å². The van der Waals surface area contributed by atoms with Gasteiger partial charge in [0, 0.05) is 12.1 Å². The van der Waals surface area contributed by atoms with Crippen LogP contribution in [-0.4, -0.2) is 6.04 Å². The van der Waals surface area contributed by atoms with Crippen molar-refractivity contribution < 1.29 is 0 Å². The van der Waals surface area contributed by atoms with E-state index in [1.165, 1.54) is 11.1 Å². The normalized spacial score (nSPS) is 15.5. The predicted molar refractivity (Wildman–Crippen MR) is 56.5 cm³/mol. The van der Waals surface area contributed by atoms with Crippen molar-refractivity contribution in [1.29, 1.82) is 0 Å². The minimum atomic E-state index is -0.0556. The molecule has 2 unspecified atom stereocenters. The van der Waals surface area contributed by atoms with Crippen LogP contribution in [0.5, 0.6) is 0 Å². The van der Waals surface area contributed by atoms with Gasteiger partial charge in [-0.2, -0.15) is 0 Å². The Morgan fingerprint density at radius 2 is 1.77 bits per heavy atom. The second-order valence-corrected chi connectivity index (χ2v) is 3.74. The lowest BCUT2D eigenvalue weighted by atomic mass is 9.96. The molecule has 2 nitrogen and oxygen atoms in total. The van der Waals surface area contributed by atoms with E-state index >= 15 is 0 Å². The van der Waals surface area contributed by atoms with Crippen molar-refractivity contribution in [2.75, 3.05) is 0 Å². The molecule has 4 N–H and O–H groups in total. The van der Waals surface area contributed by atoms with E-state index in [2.05, 4.69) is 32.0 Å². The van der Waals surface area contributed by atoms with Crippen LogP contribution in [0, 0.1) is 13.8 Å². The van der Waals surface area contributed by atoms with Crippen LogP contribution in [0.3, 0.4) is 0 Å². The Hall–Kier alpha value is -0.860. The Morgan fingerprint density at radius 3 is 2.31 bits per heavy atom. The lowest BCUT2D eigenvalue weighted by Gasteiger charge is -2.18. The molecule has 0 aromatic heterocycles. The van der Waals surface area contributed by atoms with E-state index in [-0.39, 0.29) is 12.1 Å². The topological polar surface area (TPSA) is 52.0 Å². The van der Waals surface area contributed by atoms with Crippen molar-refractivity contribution in [2.45, 2.75) is 32.9 Å². The van der Waals surface area contributed by atoms with Gasteiger partial charge < -0.3 is 11.5 Å². The maximum Gasteiger partial charge on any atom is 0.0448 e. The van der Waals surface area contributed by atoms with Crippen molar-refractivity contribution in [3.05, 3.63) is 34.9 Å². The van der Waals surface area contributed by atoms with Crippen molar-refractivity contribution in [1.82, 2.24) is 0 Å². The van der Waals surface area contributed by atoms with E-state index < -0.39 is 0 Å². The SMILES string of the molecule is Cc1ccc(C)c(C(N)C(C)N)c1. The van der Waals surface area contributed by atoms with Crippen molar-refractivity contribution in [2.24, 2.45) is 11.5 Å². The molecule has 2 heteroatoms. The minimum Gasteiger partial charge on any atom is -0.326 e. The first-order chi connectivity index (χ1) is 6.02. The third-order valence-electron chi connectivity index (χ3n) is 2.36. The van der Waals surface area contributed by atoms with Gasteiger partial charge in [-0.25, -0.2) is 0 Å². The molecule has 0 fully saturated rings. The average Bonchev–Trinajstić information content (AvgIpc) is 2.08. The molecule has 0 spiro atoms. The third kappa shape index (κ3) is 2.29. The number of aryl methyl sites for hydroxylation is 2. The number of rotatable bonds is 2. The number of hydrogen-bond donors (Lipinski definition) is 2. The van der Waals surface area contributed by atoms with Gasteiger partial charge >= 0.3 is 0 Å². The van der Waals surface area contributed by atoms with Crippen molar-refractivity contribution in [3.63, 3.8) is 0 Å². The molecular formula is C11H18N2. The number of hydrogen-bond acceptors (Lipinski definition) is 2. The first-order valence-corrected chi connectivity index (χ1v) is 4.60. The average molecular weight is 178 g/mol. The zero-order valence-electron chi connectivity index (χ0n) is 8.54. The first kappa shape index (κ1) is 10.2. The van der Waals surface area contributed by atoms with Crippen LogP contribution in [-0.2, 0) is 0 Å². The highest BCUT2D eigenvalue weighted by Crippen LogP contribution is 2.18. The molecule has 1 aromatic rings. The standard InChI is InChI=1S/C11H18N2/c1-7-4-5-8(2)10(6-7)11(13)9(3)12/h4-6,9,11H,12-13H2,1-3H3. The third-order valence-corrected chi connectivity index (χ3v) is 2.36. The molecule has 1 rings (SSSR count). The maximum atomic E-state index is 5.98. The van der Waals surface area contributed by atoms with Crippen LogP contribution in [0.4, 0.5) is 0 Å². The fourth-order valence-electron chi connectivity index (χ4n) is 1.40. The van der Waals surface area contributed by atoms with E-state index in [1.54, 1.807) is 0 Å². The molecule has 0 radical (unpaired) electrons. The highest BCUT2D eigenvalue weighted by atomic mass is 14.8. The summed E-state index contributed by atoms with van der Waals surface area (Å²) in [5.41, 5.74) is 15.4. The summed E-state index contributed by atoms with van der Waals surface area (Å²) in [7, 11) is 0. The van der Waals surface area contributed by atoms with Gasteiger partial charge in [0.25, 0.3) is 0 Å². The second-order valence-electron chi connectivity index (χ2n) is 3.74. The smallest absolute Gasteiger partial charge is 0.0448 e. The molecule has 0 saturated heterocycles. The lowest BCUT2D eigenvalue weighted by Crippen LogP contribution is -2.31. The molecule has 0 amide bonds. The summed E-state index contributed by atoms with van der Waals surface area (Å²) < 4.78 is 0. The van der Waals surface area contributed by atoms with Crippen molar-refractivity contribution in [3.8, 4) is 0 Å². The molecule has 0 aliphatic heterocycles. The van der Waals surface area contributed by atoms with Gasteiger partial charge in [-0.3, -0.25) is 0 Å². The van der Waals surface area contributed by atoms with Crippen LogP contribution >= 0.6 is 0 Å². The molecule has 0 saturated carbocycles. The summed E-state index contributed by atoms with van der Waals surface area (Å²) in [5, 5.41) is 0. The zero-order valence-corrected chi connectivity index (χ0v) is 8.54. The molecule has 2 atom stereocenters. The Balaban J connectivity index is 3.05. The van der Waals surface area contributed by atoms with Gasteiger partial charge in [0.15, 0.2) is 0 Å². The minimum absolute atomic E-state index is 0.000463. The van der Waals surface area contributed by atoms with E-state index in [0.717, 1.165) is 5.56 Å². The first-order valence-electron chi connectivity index (χ1n) is 4.60. The highest BCUT2D eigenvalue weighted by Gasteiger charge is 2.12. The van der Waals surface area contributed by atoms with Crippen LogP contribution in [0.1, 0.15) is 29.7 Å². The van der Waals surface area contributed by atoms with Gasteiger partial charge in [-0.15, -0.1) is 0 Å². The molecule has 0 aliphatic rings. The molecule has 0 heterocycles. The Kier molecular flexibility index (Phi) is 3.07. The molecule has 1 aromatic carbocycles. The fourth-order valence-corrected chi connectivity index (χ4v) is 1.40. The van der Waals surface area contributed by atoms with Gasteiger partial charge in [-0.1, -0.05) is 23.8 Å². The molecule has 0 bridgehead atoms. The summed E-state index contributed by atoms with van der Waals surface area (Å²) in [5.74, 6) is 0. The van der Waals surface area contributed by atoms with Crippen LogP contribution in [0.25, 0.3) is 0 Å². The Morgan fingerprint density at radius 1 is 1.15 bits per heavy atom. The second kappa shape index (κ2) is 3.90. The van der Waals surface area contributed by atoms with E-state index in [1.807, 2.05) is 6.92 Å². The van der Waals surface area contributed by atoms with E-state index in [4.69, 9.17) is 11.5 Å². The van der Waals surface area contributed by atoms with Crippen molar-refractivity contribution >= 4 is 0 Å². The highest BCUT2D eigenvalue weighted by molar-refractivity contribution is 5.33. The maximum absolute atomic E-state index is 5.98. The predicted octanol–water partition coefficient (Wildman–Crippen LogP) is 1.65. The van der Waals surface area contributed by atoms with Gasteiger partial charge in [0.05, 0.1) is 0 Å². The monoisotopic (exact) mass is 178 g/mol. The molecular weight excluding hydrogens is 160 g/mol. The van der Waals surface area contributed by atoms with Crippen LogP contribution < -0.4 is 11.5 Å². The quantitative estimate of drug-likeness (QED) is 0.723. The van der Waals surface area contributed by atoms with Gasteiger partial charge in [0.1, 0.15) is 0 Å². The zero-order chi connectivity index (χ0) is 10.0. The lowest BCUT2D eigenvalue weighted by molar-refractivity contribution is 0.586. The molecule has 72 valence electrons. The number of benzene rings is 1. The fraction of sp³-hybridized carbons (Fsp3) is 0.455. The molecule has 0 aliphatic carbocycles. The summed E-state index contributed by atoms with van der Waals surface area (Å²) >= 11 is 0. The largest absolute Gasteiger partial charge is 0.326 e. The van der Waals surface area contributed by atoms with Crippen LogP contribution in [0.2, 0.25) is 0 Å². The van der Waals surface area contributed by atoms with E-state index in [9.17, 15) is 0 Å². The Labute approximate surface area is 79.9 Å². The molecule has 13 heavy (non-hydrogen) atoms. The van der Waals surface area contributed by atoms with Gasteiger partial charge in [0.2, 0.25) is 0 Å².